The van der Waals surface area contributed by atoms with Crippen molar-refractivity contribution in [1.82, 2.24) is 19.5 Å². The topological polar surface area (TPSA) is 163 Å². The zero-order valence-corrected chi connectivity index (χ0v) is 20.6. The zero-order chi connectivity index (χ0) is 25.4. The Labute approximate surface area is 210 Å². The van der Waals surface area contributed by atoms with E-state index in [1.165, 1.54) is 10.9 Å². The van der Waals surface area contributed by atoms with Crippen molar-refractivity contribution in [2.24, 2.45) is 0 Å². The minimum absolute atomic E-state index is 0.0316. The third-order valence-corrected chi connectivity index (χ3v) is 7.34. The van der Waals surface area contributed by atoms with Crippen molar-refractivity contribution >= 4 is 47.0 Å². The third kappa shape index (κ3) is 5.09. The lowest BCUT2D eigenvalue weighted by molar-refractivity contribution is -0.0370. The van der Waals surface area contributed by atoms with Gasteiger partial charge in [0.2, 0.25) is 5.28 Å². The van der Waals surface area contributed by atoms with Gasteiger partial charge < -0.3 is 30.1 Å². The molecule has 1 saturated heterocycles. The number of aliphatic hydroxyl groups excluding tert-OH is 2. The van der Waals surface area contributed by atoms with E-state index in [0.717, 1.165) is 16.3 Å². The van der Waals surface area contributed by atoms with Gasteiger partial charge in [-0.05, 0) is 40.8 Å². The zero-order valence-electron chi connectivity index (χ0n) is 19.0. The molecule has 0 radical (unpaired) electrons. The number of fused-ring (bicyclic) bond motifs is 2. The maximum Gasteiger partial charge on any atom is 0.325 e. The quantitative estimate of drug-likeness (QED) is 0.168. The molecule has 4 atom stereocenters. The van der Waals surface area contributed by atoms with Gasteiger partial charge in [-0.15, -0.1) is 0 Å². The Hall–Kier alpha value is -2.63. The van der Waals surface area contributed by atoms with E-state index < -0.39 is 32.1 Å². The van der Waals surface area contributed by atoms with E-state index >= 15 is 0 Å². The van der Waals surface area contributed by atoms with E-state index in [9.17, 15) is 14.8 Å². The number of benzene rings is 2. The third-order valence-electron chi connectivity index (χ3n) is 6.27. The molecule has 5 N–H and O–H groups in total. The molecule has 2 aromatic heterocycles. The van der Waals surface area contributed by atoms with Crippen LogP contribution in [0.2, 0.25) is 5.28 Å². The van der Waals surface area contributed by atoms with Gasteiger partial charge in [0.15, 0.2) is 23.2 Å². The van der Waals surface area contributed by atoms with Crippen LogP contribution in [0.5, 0.6) is 0 Å². The van der Waals surface area contributed by atoms with Crippen molar-refractivity contribution in [2.75, 3.05) is 11.5 Å². The lowest BCUT2D eigenvalue weighted by atomic mass is 10.0. The van der Waals surface area contributed by atoms with Crippen LogP contribution in [-0.2, 0) is 15.8 Å². The van der Waals surface area contributed by atoms with E-state index in [1.807, 2.05) is 42.5 Å². The fourth-order valence-electron chi connectivity index (χ4n) is 4.52. The predicted octanol–water partition coefficient (Wildman–Crippen LogP) is 2.82. The molecule has 4 aromatic rings. The van der Waals surface area contributed by atoms with Crippen molar-refractivity contribution in [3.8, 4) is 0 Å². The summed E-state index contributed by atoms with van der Waals surface area (Å²) in [4.78, 5) is 31.1. The van der Waals surface area contributed by atoms with Crippen molar-refractivity contribution in [2.45, 2.75) is 43.9 Å². The molecule has 0 saturated carbocycles. The van der Waals surface area contributed by atoms with Crippen LogP contribution < -0.4 is 5.32 Å². The molecule has 190 valence electrons. The highest BCUT2D eigenvalue weighted by atomic mass is 35.5. The van der Waals surface area contributed by atoms with Gasteiger partial charge in [0.05, 0.1) is 12.4 Å². The molecule has 1 aliphatic rings. The van der Waals surface area contributed by atoms with Crippen LogP contribution >= 0.6 is 19.2 Å². The second-order valence-electron chi connectivity index (χ2n) is 8.73. The molecule has 1 fully saturated rings. The molecule has 1 unspecified atom stereocenters. The summed E-state index contributed by atoms with van der Waals surface area (Å²) in [7, 11) is -4.16. The van der Waals surface area contributed by atoms with Gasteiger partial charge in [0.25, 0.3) is 0 Å². The van der Waals surface area contributed by atoms with Gasteiger partial charge in [0, 0.05) is 12.7 Å². The number of nitrogens with zero attached hydrogens (tertiary/aromatic N) is 4. The van der Waals surface area contributed by atoms with Crippen molar-refractivity contribution in [3.63, 3.8) is 0 Å². The minimum Gasteiger partial charge on any atom is -0.388 e. The van der Waals surface area contributed by atoms with Gasteiger partial charge in [-0.1, -0.05) is 42.5 Å². The number of aromatic nitrogens is 4. The standard InChI is InChI=1S/C23H25ClN5O6P/c24-23-27-20(25-11-14-7-3-6-13-5-1-2-8-15(13)14)17-21(28-23)29(12-26-17)22-19(31)18(30)16(35-22)9-4-10-36(32,33)34/h1-3,5-8,12,16,18-19,22,30-31H,4,9-11H2,(H,25,27,28)(H2,32,33,34)/t16-,18?,19+,22-/m1/s1. The monoisotopic (exact) mass is 533 g/mol. The number of hydrogen-bond donors (Lipinski definition) is 5. The molecule has 36 heavy (non-hydrogen) atoms. The number of nitrogens with one attached hydrogen (secondary N) is 1. The molecule has 0 bridgehead atoms. The second kappa shape index (κ2) is 10.0. The summed E-state index contributed by atoms with van der Waals surface area (Å²) in [5, 5.41) is 26.6. The highest BCUT2D eigenvalue weighted by Gasteiger charge is 2.44. The highest BCUT2D eigenvalue weighted by Crippen LogP contribution is 2.38. The average molecular weight is 534 g/mol. The largest absolute Gasteiger partial charge is 0.388 e. The normalized spacial score (nSPS) is 22.5. The summed E-state index contributed by atoms with van der Waals surface area (Å²) in [6.07, 6.45) is -2.97. The van der Waals surface area contributed by atoms with Crippen molar-refractivity contribution in [1.29, 1.82) is 0 Å². The molecule has 0 amide bonds. The summed E-state index contributed by atoms with van der Waals surface area (Å²) in [6.45, 7) is 0.458. The number of rotatable bonds is 8. The van der Waals surface area contributed by atoms with E-state index in [1.54, 1.807) is 0 Å². The SMILES string of the molecule is O=P(O)(O)CCC[C@H]1O[C@@H](n2cnc3c(NCc4cccc5ccccc45)nc(Cl)nc32)[C@@H](O)C1O. The first-order valence-electron chi connectivity index (χ1n) is 11.4. The summed E-state index contributed by atoms with van der Waals surface area (Å²) in [6, 6.07) is 14.1. The Balaban J connectivity index is 1.38. The first kappa shape index (κ1) is 25.0. The Morgan fingerprint density at radius 2 is 1.86 bits per heavy atom. The number of anilines is 1. The first-order chi connectivity index (χ1) is 17.2. The summed E-state index contributed by atoms with van der Waals surface area (Å²) in [5.74, 6) is 0.405. The Morgan fingerprint density at radius 3 is 2.67 bits per heavy atom. The fraction of sp³-hybridized carbons (Fsp3) is 0.348. The molecule has 13 heteroatoms. The van der Waals surface area contributed by atoms with E-state index in [0.29, 0.717) is 23.5 Å². The van der Waals surface area contributed by atoms with Crippen LogP contribution in [0.4, 0.5) is 5.82 Å². The number of hydrogen-bond acceptors (Lipinski definition) is 8. The van der Waals surface area contributed by atoms with Crippen LogP contribution in [-0.4, -0.2) is 64.0 Å². The minimum atomic E-state index is -4.16. The van der Waals surface area contributed by atoms with Crippen LogP contribution in [0.3, 0.4) is 0 Å². The van der Waals surface area contributed by atoms with Gasteiger partial charge in [-0.3, -0.25) is 9.13 Å². The van der Waals surface area contributed by atoms with Crippen LogP contribution in [0, 0.1) is 0 Å². The summed E-state index contributed by atoms with van der Waals surface area (Å²) in [5.41, 5.74) is 1.78. The number of ether oxygens (including phenoxy) is 1. The maximum absolute atomic E-state index is 11.1. The van der Waals surface area contributed by atoms with Crippen LogP contribution in [0.15, 0.2) is 48.8 Å². The Morgan fingerprint density at radius 1 is 1.08 bits per heavy atom. The number of aliphatic hydroxyl groups is 2. The average Bonchev–Trinajstić information content (AvgIpc) is 3.37. The molecule has 0 spiro atoms. The molecular formula is C23H25ClN5O6P. The van der Waals surface area contributed by atoms with Crippen molar-refractivity contribution in [3.05, 3.63) is 59.6 Å². The molecule has 5 rings (SSSR count). The summed E-state index contributed by atoms with van der Waals surface area (Å²) < 4.78 is 18.4. The molecule has 2 aromatic carbocycles. The first-order valence-corrected chi connectivity index (χ1v) is 13.6. The van der Waals surface area contributed by atoms with E-state index in [2.05, 4.69) is 20.3 Å². The lowest BCUT2D eigenvalue weighted by Gasteiger charge is -2.17. The molecule has 3 heterocycles. The molecule has 11 nitrogen and oxygen atoms in total. The Bertz CT molecular complexity index is 1440. The molecule has 1 aliphatic heterocycles. The summed E-state index contributed by atoms with van der Waals surface area (Å²) >= 11 is 6.21. The number of halogens is 1. The fourth-order valence-corrected chi connectivity index (χ4v) is 5.28. The maximum atomic E-state index is 11.1. The van der Waals surface area contributed by atoms with Gasteiger partial charge in [-0.25, -0.2) is 4.98 Å². The van der Waals surface area contributed by atoms with Crippen LogP contribution in [0.1, 0.15) is 24.6 Å². The van der Waals surface area contributed by atoms with Gasteiger partial charge in [-0.2, -0.15) is 9.97 Å². The van der Waals surface area contributed by atoms with Gasteiger partial charge >= 0.3 is 7.60 Å². The van der Waals surface area contributed by atoms with Crippen LogP contribution in [0.25, 0.3) is 21.9 Å². The smallest absolute Gasteiger partial charge is 0.325 e. The lowest BCUT2D eigenvalue weighted by Crippen LogP contribution is -2.31. The van der Waals surface area contributed by atoms with E-state index in [4.69, 9.17) is 26.1 Å². The highest BCUT2D eigenvalue weighted by molar-refractivity contribution is 7.51. The molecule has 0 aliphatic carbocycles. The Kier molecular flexibility index (Phi) is 6.97. The van der Waals surface area contributed by atoms with E-state index in [-0.39, 0.29) is 24.3 Å². The molecular weight excluding hydrogens is 509 g/mol. The van der Waals surface area contributed by atoms with Gasteiger partial charge in [0.1, 0.15) is 12.2 Å². The van der Waals surface area contributed by atoms with Crippen molar-refractivity contribution < 1.29 is 29.3 Å². The number of imidazole rings is 1. The predicted molar refractivity (Wildman–Crippen MR) is 134 cm³/mol. The second-order valence-corrected chi connectivity index (χ2v) is 10.8.